The molecule has 2 aliphatic heterocycles. The third-order valence-corrected chi connectivity index (χ3v) is 4.86. The first-order valence-electron chi connectivity index (χ1n) is 9.13. The van der Waals surface area contributed by atoms with Gasteiger partial charge in [0, 0.05) is 39.3 Å². The minimum atomic E-state index is -0.114. The summed E-state index contributed by atoms with van der Waals surface area (Å²) in [6.07, 6.45) is 2.97. The topological polar surface area (TPSA) is 61.9 Å². The summed E-state index contributed by atoms with van der Waals surface area (Å²) in [5, 5.41) is 2.73. The molecule has 1 atom stereocenters. The normalized spacial score (nSPS) is 21.3. The van der Waals surface area contributed by atoms with Crippen molar-refractivity contribution < 1.29 is 14.3 Å². The fourth-order valence-corrected chi connectivity index (χ4v) is 3.39. The summed E-state index contributed by atoms with van der Waals surface area (Å²) in [5.41, 5.74) is 0.954. The molecule has 1 N–H and O–H groups in total. The number of carbonyl (C=O) groups excluding carboxylic acids is 2. The molecule has 1 aromatic rings. The Labute approximate surface area is 149 Å². The maximum Gasteiger partial charge on any atom is 0.242 e. The van der Waals surface area contributed by atoms with Crippen molar-refractivity contribution in [2.75, 3.05) is 45.9 Å². The quantitative estimate of drug-likeness (QED) is 0.823. The van der Waals surface area contributed by atoms with Crippen molar-refractivity contribution in [3.8, 4) is 0 Å². The second-order valence-electron chi connectivity index (χ2n) is 6.76. The van der Waals surface area contributed by atoms with E-state index in [1.54, 1.807) is 0 Å². The van der Waals surface area contributed by atoms with Crippen molar-refractivity contribution in [2.24, 2.45) is 0 Å². The Kier molecular flexibility index (Phi) is 6.42. The molecule has 2 fully saturated rings. The van der Waals surface area contributed by atoms with Crippen LogP contribution in [0.5, 0.6) is 0 Å². The maximum absolute atomic E-state index is 12.3. The summed E-state index contributed by atoms with van der Waals surface area (Å²) in [4.78, 5) is 28.4. The third kappa shape index (κ3) is 5.54. The molecule has 2 saturated heterocycles. The summed E-state index contributed by atoms with van der Waals surface area (Å²) in [6, 6.07) is 9.56. The van der Waals surface area contributed by atoms with Crippen LogP contribution in [0.1, 0.15) is 18.4 Å². The SMILES string of the molecule is O=C(Cc1ccccc1)NCC(=O)N1CCN(C[C@@H]2CCCO2)CC1. The summed E-state index contributed by atoms with van der Waals surface area (Å²) < 4.78 is 5.67. The zero-order chi connectivity index (χ0) is 17.5. The van der Waals surface area contributed by atoms with Gasteiger partial charge >= 0.3 is 0 Å². The van der Waals surface area contributed by atoms with Gasteiger partial charge in [0.25, 0.3) is 0 Å². The van der Waals surface area contributed by atoms with Crippen molar-refractivity contribution >= 4 is 11.8 Å². The molecule has 2 aliphatic rings. The van der Waals surface area contributed by atoms with Crippen LogP contribution in [0.3, 0.4) is 0 Å². The largest absolute Gasteiger partial charge is 0.377 e. The van der Waals surface area contributed by atoms with Gasteiger partial charge in [-0.15, -0.1) is 0 Å². The van der Waals surface area contributed by atoms with Gasteiger partial charge in [0.15, 0.2) is 0 Å². The molecular formula is C19H27N3O3. The number of nitrogens with one attached hydrogen (secondary N) is 1. The van der Waals surface area contributed by atoms with Crippen LogP contribution >= 0.6 is 0 Å². The van der Waals surface area contributed by atoms with Crippen molar-refractivity contribution in [3.63, 3.8) is 0 Å². The third-order valence-electron chi connectivity index (χ3n) is 4.86. The highest BCUT2D eigenvalue weighted by Gasteiger charge is 2.24. The molecule has 6 heteroatoms. The Morgan fingerprint density at radius 1 is 1.12 bits per heavy atom. The van der Waals surface area contributed by atoms with Crippen LogP contribution < -0.4 is 5.32 Å². The maximum atomic E-state index is 12.3. The standard InChI is InChI=1S/C19H27N3O3/c23-18(13-16-5-2-1-3-6-16)20-14-19(24)22-10-8-21(9-11-22)15-17-7-4-12-25-17/h1-3,5-6,17H,4,7-15H2,(H,20,23)/t17-/m0/s1. The molecule has 0 aromatic heterocycles. The molecule has 2 amide bonds. The van der Waals surface area contributed by atoms with Gasteiger partial charge in [0.05, 0.1) is 19.1 Å². The molecule has 2 heterocycles. The average molecular weight is 345 g/mol. The van der Waals surface area contributed by atoms with Gasteiger partial charge in [-0.1, -0.05) is 30.3 Å². The van der Waals surface area contributed by atoms with Gasteiger partial charge in [-0.3, -0.25) is 14.5 Å². The molecule has 3 rings (SSSR count). The fourth-order valence-electron chi connectivity index (χ4n) is 3.39. The highest BCUT2D eigenvalue weighted by molar-refractivity contribution is 5.85. The zero-order valence-electron chi connectivity index (χ0n) is 14.7. The van der Waals surface area contributed by atoms with E-state index < -0.39 is 0 Å². The van der Waals surface area contributed by atoms with Crippen molar-refractivity contribution in [3.05, 3.63) is 35.9 Å². The molecule has 0 bridgehead atoms. The first-order chi connectivity index (χ1) is 12.2. The van der Waals surface area contributed by atoms with Crippen LogP contribution in [0, 0.1) is 0 Å². The van der Waals surface area contributed by atoms with Gasteiger partial charge in [0.1, 0.15) is 0 Å². The summed E-state index contributed by atoms with van der Waals surface area (Å²) in [5.74, 6) is -0.116. The van der Waals surface area contributed by atoms with Crippen LogP contribution in [-0.2, 0) is 20.7 Å². The highest BCUT2D eigenvalue weighted by Crippen LogP contribution is 2.14. The van der Waals surface area contributed by atoms with Crippen molar-refractivity contribution in [2.45, 2.75) is 25.4 Å². The minimum Gasteiger partial charge on any atom is -0.377 e. The molecule has 0 radical (unpaired) electrons. The van der Waals surface area contributed by atoms with Crippen molar-refractivity contribution in [1.29, 1.82) is 0 Å². The zero-order valence-corrected chi connectivity index (χ0v) is 14.7. The lowest BCUT2D eigenvalue weighted by molar-refractivity contribution is -0.134. The van der Waals surface area contributed by atoms with E-state index in [9.17, 15) is 9.59 Å². The number of hydrogen-bond acceptors (Lipinski definition) is 4. The number of benzene rings is 1. The first-order valence-corrected chi connectivity index (χ1v) is 9.13. The first kappa shape index (κ1) is 17.9. The second kappa shape index (κ2) is 8.97. The van der Waals surface area contributed by atoms with E-state index in [2.05, 4.69) is 10.2 Å². The molecule has 136 valence electrons. The molecule has 1 aromatic carbocycles. The summed E-state index contributed by atoms with van der Waals surface area (Å²) >= 11 is 0. The van der Waals surface area contributed by atoms with E-state index in [1.807, 2.05) is 35.2 Å². The van der Waals surface area contributed by atoms with Crippen LogP contribution in [0.4, 0.5) is 0 Å². The van der Waals surface area contributed by atoms with E-state index in [-0.39, 0.29) is 18.4 Å². The molecule has 0 spiro atoms. The number of rotatable bonds is 6. The Balaban J connectivity index is 1.34. The Morgan fingerprint density at radius 3 is 2.56 bits per heavy atom. The lowest BCUT2D eigenvalue weighted by Crippen LogP contribution is -2.52. The summed E-state index contributed by atoms with van der Waals surface area (Å²) in [7, 11) is 0. The van der Waals surface area contributed by atoms with Crippen molar-refractivity contribution in [1.82, 2.24) is 15.1 Å². The van der Waals surface area contributed by atoms with E-state index in [0.717, 1.165) is 57.7 Å². The van der Waals surface area contributed by atoms with E-state index in [0.29, 0.717) is 12.5 Å². The average Bonchev–Trinajstić information content (AvgIpc) is 3.14. The van der Waals surface area contributed by atoms with Gasteiger partial charge < -0.3 is 15.0 Å². The van der Waals surface area contributed by atoms with E-state index >= 15 is 0 Å². The smallest absolute Gasteiger partial charge is 0.242 e. The van der Waals surface area contributed by atoms with Gasteiger partial charge in [-0.25, -0.2) is 0 Å². The summed E-state index contributed by atoms with van der Waals surface area (Å²) in [6.45, 7) is 5.13. The minimum absolute atomic E-state index is 0.00169. The van der Waals surface area contributed by atoms with Gasteiger partial charge in [-0.05, 0) is 18.4 Å². The highest BCUT2D eigenvalue weighted by atomic mass is 16.5. The second-order valence-corrected chi connectivity index (χ2v) is 6.76. The van der Waals surface area contributed by atoms with Gasteiger partial charge in [0.2, 0.25) is 11.8 Å². The Morgan fingerprint density at radius 2 is 1.88 bits per heavy atom. The van der Waals surface area contributed by atoms with Crippen LogP contribution in [-0.4, -0.2) is 73.6 Å². The Hall–Kier alpha value is -1.92. The number of nitrogens with zero attached hydrogens (tertiary/aromatic N) is 2. The molecule has 0 unspecified atom stereocenters. The number of amides is 2. The van der Waals surface area contributed by atoms with E-state index in [1.165, 1.54) is 0 Å². The lowest BCUT2D eigenvalue weighted by atomic mass is 10.1. The molecule has 25 heavy (non-hydrogen) atoms. The van der Waals surface area contributed by atoms with Crippen LogP contribution in [0.2, 0.25) is 0 Å². The van der Waals surface area contributed by atoms with Crippen LogP contribution in [0.25, 0.3) is 0 Å². The monoisotopic (exact) mass is 345 g/mol. The number of piperazine rings is 1. The molecule has 0 aliphatic carbocycles. The number of hydrogen-bond donors (Lipinski definition) is 1. The molecule has 0 saturated carbocycles. The molecule has 6 nitrogen and oxygen atoms in total. The van der Waals surface area contributed by atoms with E-state index in [4.69, 9.17) is 4.74 Å². The predicted octanol–water partition coefficient (Wildman–Crippen LogP) is 0.669. The lowest BCUT2D eigenvalue weighted by Gasteiger charge is -2.35. The number of carbonyl (C=O) groups is 2. The predicted molar refractivity (Wildman–Crippen MR) is 95.1 cm³/mol. The fraction of sp³-hybridized carbons (Fsp3) is 0.579. The van der Waals surface area contributed by atoms with Crippen LogP contribution in [0.15, 0.2) is 30.3 Å². The number of ether oxygens (including phenoxy) is 1. The van der Waals surface area contributed by atoms with Gasteiger partial charge in [-0.2, -0.15) is 0 Å². The molecular weight excluding hydrogens is 318 g/mol. The Bertz CT molecular complexity index is 565.